The van der Waals surface area contributed by atoms with Crippen molar-refractivity contribution in [1.29, 1.82) is 0 Å². The number of hydrogen-bond donors (Lipinski definition) is 0. The maximum atomic E-state index is 13.5. The smallest absolute Gasteiger partial charge is 0.233 e. The highest BCUT2D eigenvalue weighted by molar-refractivity contribution is 5.91. The molecule has 1 amide bonds. The molecule has 0 bridgehead atoms. The van der Waals surface area contributed by atoms with Crippen molar-refractivity contribution < 1.29 is 18.8 Å². The van der Waals surface area contributed by atoms with Gasteiger partial charge in [0.05, 0.1) is 18.4 Å². The standard InChI is InChI=1S/C23H29N3O4/c1-28-19-6-4-18(5-7-19)23(10-11-23)22(27)26-12-2-3-17(15-26)21-24-20(25-30-21)16-8-13-29-14-9-16/h4-7,16-17H,2-3,8-15H2,1H3. The Kier molecular flexibility index (Phi) is 5.23. The molecule has 1 aromatic heterocycles. The van der Waals surface area contributed by atoms with Crippen LogP contribution in [0.5, 0.6) is 5.75 Å². The van der Waals surface area contributed by atoms with Crippen LogP contribution in [0.4, 0.5) is 0 Å². The van der Waals surface area contributed by atoms with Crippen molar-refractivity contribution in [2.45, 2.75) is 55.8 Å². The van der Waals surface area contributed by atoms with E-state index < -0.39 is 0 Å². The van der Waals surface area contributed by atoms with Crippen molar-refractivity contribution >= 4 is 5.91 Å². The average molecular weight is 412 g/mol. The largest absolute Gasteiger partial charge is 0.497 e. The van der Waals surface area contributed by atoms with Crippen LogP contribution in [-0.2, 0) is 14.9 Å². The van der Waals surface area contributed by atoms with E-state index in [0.717, 1.165) is 75.4 Å². The summed E-state index contributed by atoms with van der Waals surface area (Å²) < 4.78 is 16.3. The Labute approximate surface area is 176 Å². The van der Waals surface area contributed by atoms with Crippen molar-refractivity contribution in [3.05, 3.63) is 41.5 Å². The lowest BCUT2D eigenvalue weighted by atomic mass is 9.91. The molecular weight excluding hydrogens is 382 g/mol. The first-order chi connectivity index (χ1) is 14.7. The zero-order valence-electron chi connectivity index (χ0n) is 17.5. The third kappa shape index (κ3) is 3.60. The molecule has 7 heteroatoms. The molecule has 1 atom stereocenters. The number of piperidine rings is 1. The first kappa shape index (κ1) is 19.5. The van der Waals surface area contributed by atoms with E-state index in [1.165, 1.54) is 0 Å². The van der Waals surface area contributed by atoms with Gasteiger partial charge >= 0.3 is 0 Å². The summed E-state index contributed by atoms with van der Waals surface area (Å²) in [5.41, 5.74) is 0.728. The number of rotatable bonds is 5. The molecule has 3 heterocycles. The van der Waals surface area contributed by atoms with Gasteiger partial charge in [0.2, 0.25) is 11.8 Å². The van der Waals surface area contributed by atoms with Gasteiger partial charge in [-0.25, -0.2) is 0 Å². The second kappa shape index (κ2) is 8.02. The van der Waals surface area contributed by atoms with Crippen molar-refractivity contribution in [3.8, 4) is 5.75 Å². The Morgan fingerprint density at radius 2 is 1.90 bits per heavy atom. The van der Waals surface area contributed by atoms with Gasteiger partial charge in [-0.15, -0.1) is 0 Å². The highest BCUT2D eigenvalue weighted by Crippen LogP contribution is 2.50. The lowest BCUT2D eigenvalue weighted by Gasteiger charge is -2.34. The van der Waals surface area contributed by atoms with Crippen molar-refractivity contribution in [3.63, 3.8) is 0 Å². The first-order valence-corrected chi connectivity index (χ1v) is 11.0. The summed E-state index contributed by atoms with van der Waals surface area (Å²) in [5, 5.41) is 4.25. The molecule has 1 aliphatic carbocycles. The van der Waals surface area contributed by atoms with Gasteiger partial charge in [0, 0.05) is 32.2 Å². The lowest BCUT2D eigenvalue weighted by Crippen LogP contribution is -2.44. The van der Waals surface area contributed by atoms with Crippen LogP contribution in [0.1, 0.15) is 67.6 Å². The Hall–Kier alpha value is -2.41. The zero-order chi connectivity index (χ0) is 20.6. The molecule has 3 fully saturated rings. The van der Waals surface area contributed by atoms with Gasteiger partial charge in [-0.2, -0.15) is 4.98 Å². The molecule has 0 radical (unpaired) electrons. The van der Waals surface area contributed by atoms with Gasteiger partial charge in [0.15, 0.2) is 5.82 Å². The van der Waals surface area contributed by atoms with Gasteiger partial charge in [-0.05, 0) is 56.2 Å². The zero-order valence-corrected chi connectivity index (χ0v) is 17.5. The number of carbonyl (C=O) groups is 1. The number of nitrogens with zero attached hydrogens (tertiary/aromatic N) is 3. The van der Waals surface area contributed by atoms with Gasteiger partial charge in [0.1, 0.15) is 5.75 Å². The van der Waals surface area contributed by atoms with Crippen molar-refractivity contribution in [2.24, 2.45) is 0 Å². The second-order valence-electron chi connectivity index (χ2n) is 8.78. The summed E-state index contributed by atoms with van der Waals surface area (Å²) in [6.45, 7) is 2.97. The van der Waals surface area contributed by atoms with Crippen molar-refractivity contribution in [2.75, 3.05) is 33.4 Å². The van der Waals surface area contributed by atoms with Crippen LogP contribution in [0.2, 0.25) is 0 Å². The molecule has 30 heavy (non-hydrogen) atoms. The second-order valence-corrected chi connectivity index (χ2v) is 8.78. The van der Waals surface area contributed by atoms with Crippen LogP contribution in [0.25, 0.3) is 0 Å². The molecule has 5 rings (SSSR count). The summed E-state index contributed by atoms with van der Waals surface area (Å²) in [7, 11) is 1.66. The van der Waals surface area contributed by atoms with Crippen LogP contribution in [-0.4, -0.2) is 54.4 Å². The van der Waals surface area contributed by atoms with Gasteiger partial charge < -0.3 is 18.9 Å². The number of amides is 1. The van der Waals surface area contributed by atoms with Crippen LogP contribution in [0.15, 0.2) is 28.8 Å². The molecule has 1 aromatic carbocycles. The van der Waals surface area contributed by atoms with E-state index in [0.29, 0.717) is 18.4 Å². The summed E-state index contributed by atoms with van der Waals surface area (Å²) in [5.74, 6) is 2.98. The van der Waals surface area contributed by atoms with Crippen LogP contribution < -0.4 is 4.74 Å². The topological polar surface area (TPSA) is 77.7 Å². The Bertz CT molecular complexity index is 884. The highest BCUT2D eigenvalue weighted by Gasteiger charge is 2.53. The quantitative estimate of drug-likeness (QED) is 0.750. The minimum Gasteiger partial charge on any atom is -0.497 e. The van der Waals surface area contributed by atoms with E-state index >= 15 is 0 Å². The lowest BCUT2D eigenvalue weighted by molar-refractivity contribution is -0.135. The fourth-order valence-corrected chi connectivity index (χ4v) is 4.86. The van der Waals surface area contributed by atoms with E-state index in [2.05, 4.69) is 5.16 Å². The predicted molar refractivity (Wildman–Crippen MR) is 110 cm³/mol. The van der Waals surface area contributed by atoms with E-state index in [-0.39, 0.29) is 17.2 Å². The highest BCUT2D eigenvalue weighted by atomic mass is 16.5. The number of ether oxygens (including phenoxy) is 2. The van der Waals surface area contributed by atoms with E-state index in [4.69, 9.17) is 19.0 Å². The Balaban J connectivity index is 1.28. The summed E-state index contributed by atoms with van der Waals surface area (Å²) >= 11 is 0. The molecule has 2 aliphatic heterocycles. The van der Waals surface area contributed by atoms with E-state index in [9.17, 15) is 4.79 Å². The Morgan fingerprint density at radius 1 is 1.13 bits per heavy atom. The van der Waals surface area contributed by atoms with E-state index in [1.54, 1.807) is 7.11 Å². The molecule has 0 spiro atoms. The maximum absolute atomic E-state index is 13.5. The van der Waals surface area contributed by atoms with Gasteiger partial charge in [-0.3, -0.25) is 4.79 Å². The summed E-state index contributed by atoms with van der Waals surface area (Å²) in [6, 6.07) is 7.95. The summed E-state index contributed by atoms with van der Waals surface area (Å²) in [6.07, 6.45) is 5.65. The fraction of sp³-hybridized carbons (Fsp3) is 0.609. The molecule has 2 aromatic rings. The van der Waals surface area contributed by atoms with Gasteiger partial charge in [0.25, 0.3) is 0 Å². The molecule has 0 N–H and O–H groups in total. The number of likely N-dealkylation sites (tertiary alicyclic amines) is 1. The number of benzene rings is 1. The van der Waals surface area contributed by atoms with Crippen LogP contribution in [0, 0.1) is 0 Å². The molecule has 2 saturated heterocycles. The van der Waals surface area contributed by atoms with Crippen LogP contribution >= 0.6 is 0 Å². The molecule has 1 unspecified atom stereocenters. The van der Waals surface area contributed by atoms with E-state index in [1.807, 2.05) is 29.2 Å². The number of carbonyl (C=O) groups excluding carboxylic acids is 1. The third-order valence-electron chi connectivity index (χ3n) is 6.90. The third-order valence-corrected chi connectivity index (χ3v) is 6.90. The molecular formula is C23H29N3O4. The minimum atomic E-state index is -0.365. The first-order valence-electron chi connectivity index (χ1n) is 11.0. The predicted octanol–water partition coefficient (Wildman–Crippen LogP) is 3.41. The molecule has 160 valence electrons. The van der Waals surface area contributed by atoms with Gasteiger partial charge in [-0.1, -0.05) is 17.3 Å². The number of methoxy groups -OCH3 is 1. The monoisotopic (exact) mass is 411 g/mol. The molecule has 3 aliphatic rings. The van der Waals surface area contributed by atoms with Crippen LogP contribution in [0.3, 0.4) is 0 Å². The molecule has 7 nitrogen and oxygen atoms in total. The Morgan fingerprint density at radius 3 is 2.60 bits per heavy atom. The normalized spacial score (nSPS) is 23.9. The minimum absolute atomic E-state index is 0.121. The summed E-state index contributed by atoms with van der Waals surface area (Å²) in [4.78, 5) is 20.2. The number of aromatic nitrogens is 2. The molecule has 1 saturated carbocycles. The SMILES string of the molecule is COc1ccc(C2(C(=O)N3CCCC(c4nc(C5CCOCC5)no4)C3)CC2)cc1. The fourth-order valence-electron chi connectivity index (χ4n) is 4.86. The maximum Gasteiger partial charge on any atom is 0.233 e. The average Bonchev–Trinajstić information content (AvgIpc) is 3.48. The van der Waals surface area contributed by atoms with Crippen molar-refractivity contribution in [1.82, 2.24) is 15.0 Å². The number of hydrogen-bond acceptors (Lipinski definition) is 6.